The van der Waals surface area contributed by atoms with Gasteiger partial charge in [0.25, 0.3) is 0 Å². The van der Waals surface area contributed by atoms with Crippen LogP contribution in [0.3, 0.4) is 0 Å². The fourth-order valence-corrected chi connectivity index (χ4v) is 3.04. The van der Waals surface area contributed by atoms with Crippen molar-refractivity contribution < 1.29 is 5.11 Å². The molecule has 0 spiro atoms. The zero-order valence-corrected chi connectivity index (χ0v) is 12.1. The average molecular weight is 242 g/mol. The standard InChI is InChI=1S/C14H30N2O/c1-5-8-14(2,12-17)11-16(4)13-7-6-9-15(3)10-13/h13,17H,5-12H2,1-4H3. The summed E-state index contributed by atoms with van der Waals surface area (Å²) >= 11 is 0. The molecule has 1 heterocycles. The van der Waals surface area contributed by atoms with E-state index in [0.29, 0.717) is 12.6 Å². The molecule has 2 unspecified atom stereocenters. The summed E-state index contributed by atoms with van der Waals surface area (Å²) in [5, 5.41) is 9.58. The molecule has 0 aromatic heterocycles. The number of likely N-dealkylation sites (tertiary alicyclic amines) is 1. The van der Waals surface area contributed by atoms with Gasteiger partial charge in [-0.25, -0.2) is 0 Å². The van der Waals surface area contributed by atoms with Crippen molar-refractivity contribution in [2.24, 2.45) is 5.41 Å². The van der Waals surface area contributed by atoms with Gasteiger partial charge in [0.1, 0.15) is 0 Å². The number of hydrogen-bond donors (Lipinski definition) is 1. The van der Waals surface area contributed by atoms with Crippen LogP contribution in [0, 0.1) is 5.41 Å². The summed E-state index contributed by atoms with van der Waals surface area (Å²) in [6, 6.07) is 0.663. The molecule has 0 aromatic rings. The molecule has 1 fully saturated rings. The van der Waals surface area contributed by atoms with Gasteiger partial charge in [0.15, 0.2) is 0 Å². The Balaban J connectivity index is 2.48. The quantitative estimate of drug-likeness (QED) is 0.769. The normalized spacial score (nSPS) is 26.1. The second kappa shape index (κ2) is 6.72. The molecule has 1 saturated heterocycles. The lowest BCUT2D eigenvalue weighted by Gasteiger charge is -2.40. The van der Waals surface area contributed by atoms with Crippen molar-refractivity contribution >= 4 is 0 Å². The predicted octanol–water partition coefficient (Wildman–Crippen LogP) is 1.81. The molecule has 2 atom stereocenters. The highest BCUT2D eigenvalue weighted by Crippen LogP contribution is 2.25. The van der Waals surface area contributed by atoms with E-state index in [1.54, 1.807) is 0 Å². The number of aliphatic hydroxyl groups excluding tert-OH is 1. The predicted molar refractivity (Wildman–Crippen MR) is 73.2 cm³/mol. The maximum absolute atomic E-state index is 9.58. The monoisotopic (exact) mass is 242 g/mol. The van der Waals surface area contributed by atoms with Gasteiger partial charge in [0.2, 0.25) is 0 Å². The summed E-state index contributed by atoms with van der Waals surface area (Å²) in [5.41, 5.74) is 0.0690. The zero-order chi connectivity index (χ0) is 12.9. The van der Waals surface area contributed by atoms with Gasteiger partial charge in [0.05, 0.1) is 0 Å². The molecule has 3 heteroatoms. The molecule has 3 nitrogen and oxygen atoms in total. The van der Waals surface area contributed by atoms with Crippen LogP contribution >= 0.6 is 0 Å². The minimum Gasteiger partial charge on any atom is -0.396 e. The molecule has 1 aliphatic rings. The summed E-state index contributed by atoms with van der Waals surface area (Å²) in [4.78, 5) is 4.88. The van der Waals surface area contributed by atoms with E-state index in [0.717, 1.165) is 19.4 Å². The largest absolute Gasteiger partial charge is 0.396 e. The summed E-state index contributed by atoms with van der Waals surface area (Å²) in [5.74, 6) is 0. The lowest BCUT2D eigenvalue weighted by Crippen LogP contribution is -2.48. The van der Waals surface area contributed by atoms with Gasteiger partial charge in [0, 0.05) is 31.2 Å². The van der Waals surface area contributed by atoms with Crippen LogP contribution in [0.1, 0.15) is 39.5 Å². The van der Waals surface area contributed by atoms with Crippen molar-refractivity contribution in [3.63, 3.8) is 0 Å². The maximum atomic E-state index is 9.58. The zero-order valence-electron chi connectivity index (χ0n) is 12.1. The Kier molecular flexibility index (Phi) is 5.90. The molecular weight excluding hydrogens is 212 g/mol. The highest BCUT2D eigenvalue weighted by Gasteiger charge is 2.28. The van der Waals surface area contributed by atoms with Crippen molar-refractivity contribution in [2.45, 2.75) is 45.6 Å². The van der Waals surface area contributed by atoms with E-state index in [9.17, 15) is 5.11 Å². The van der Waals surface area contributed by atoms with Crippen LogP contribution in [-0.2, 0) is 0 Å². The molecule has 0 radical (unpaired) electrons. The van der Waals surface area contributed by atoms with E-state index in [-0.39, 0.29) is 5.41 Å². The Morgan fingerprint density at radius 3 is 2.71 bits per heavy atom. The van der Waals surface area contributed by atoms with Gasteiger partial charge in [-0.05, 0) is 39.9 Å². The van der Waals surface area contributed by atoms with Crippen LogP contribution < -0.4 is 0 Å². The Morgan fingerprint density at radius 1 is 1.47 bits per heavy atom. The third-order valence-electron chi connectivity index (χ3n) is 4.09. The Labute approximate surface area is 107 Å². The van der Waals surface area contributed by atoms with Crippen molar-refractivity contribution in [1.29, 1.82) is 0 Å². The van der Waals surface area contributed by atoms with Crippen molar-refractivity contribution in [3.05, 3.63) is 0 Å². The molecule has 0 aromatic carbocycles. The fraction of sp³-hybridized carbons (Fsp3) is 1.00. The van der Waals surface area contributed by atoms with Crippen LogP contribution in [0.25, 0.3) is 0 Å². The second-order valence-corrected chi connectivity index (χ2v) is 6.19. The van der Waals surface area contributed by atoms with E-state index in [4.69, 9.17) is 0 Å². The smallest absolute Gasteiger partial charge is 0.0497 e. The van der Waals surface area contributed by atoms with E-state index < -0.39 is 0 Å². The van der Waals surface area contributed by atoms with Gasteiger partial charge in [-0.15, -0.1) is 0 Å². The van der Waals surface area contributed by atoms with Crippen LogP contribution in [0.5, 0.6) is 0 Å². The first kappa shape index (κ1) is 14.9. The lowest BCUT2D eigenvalue weighted by molar-refractivity contribution is 0.0522. The van der Waals surface area contributed by atoms with Crippen molar-refractivity contribution in [1.82, 2.24) is 9.80 Å². The summed E-state index contributed by atoms with van der Waals surface area (Å²) in [6.45, 7) is 8.12. The molecule has 1 aliphatic heterocycles. The van der Waals surface area contributed by atoms with Gasteiger partial charge in [-0.2, -0.15) is 0 Å². The summed E-state index contributed by atoms with van der Waals surface area (Å²) < 4.78 is 0. The summed E-state index contributed by atoms with van der Waals surface area (Å²) in [6.07, 6.45) is 4.86. The maximum Gasteiger partial charge on any atom is 0.0497 e. The van der Waals surface area contributed by atoms with E-state index in [2.05, 4.69) is 37.7 Å². The van der Waals surface area contributed by atoms with Gasteiger partial charge >= 0.3 is 0 Å². The highest BCUT2D eigenvalue weighted by atomic mass is 16.3. The minimum absolute atomic E-state index is 0.0690. The third kappa shape index (κ3) is 4.57. The van der Waals surface area contributed by atoms with Crippen LogP contribution in [0.2, 0.25) is 0 Å². The molecule has 102 valence electrons. The number of nitrogens with zero attached hydrogens (tertiary/aromatic N) is 2. The third-order valence-corrected chi connectivity index (χ3v) is 4.09. The summed E-state index contributed by atoms with van der Waals surface area (Å²) in [7, 11) is 4.42. The van der Waals surface area contributed by atoms with Crippen LogP contribution in [-0.4, -0.2) is 61.3 Å². The van der Waals surface area contributed by atoms with E-state index >= 15 is 0 Å². The van der Waals surface area contributed by atoms with Crippen molar-refractivity contribution in [2.75, 3.05) is 40.3 Å². The first-order valence-electron chi connectivity index (χ1n) is 7.00. The number of rotatable bonds is 6. The highest BCUT2D eigenvalue weighted by molar-refractivity contribution is 4.83. The van der Waals surface area contributed by atoms with Gasteiger partial charge < -0.3 is 14.9 Å². The van der Waals surface area contributed by atoms with E-state index in [1.807, 2.05) is 0 Å². The minimum atomic E-state index is 0.0690. The number of piperidine rings is 1. The average Bonchev–Trinajstić information content (AvgIpc) is 2.29. The van der Waals surface area contributed by atoms with E-state index in [1.165, 1.54) is 25.9 Å². The number of likely N-dealkylation sites (N-methyl/N-ethyl adjacent to an activating group) is 2. The molecule has 1 N–H and O–H groups in total. The Bertz CT molecular complexity index is 222. The second-order valence-electron chi connectivity index (χ2n) is 6.19. The van der Waals surface area contributed by atoms with Gasteiger partial charge in [-0.3, -0.25) is 0 Å². The van der Waals surface area contributed by atoms with Crippen molar-refractivity contribution in [3.8, 4) is 0 Å². The number of hydrogen-bond acceptors (Lipinski definition) is 3. The molecule has 0 amide bonds. The van der Waals surface area contributed by atoms with Crippen LogP contribution in [0.4, 0.5) is 0 Å². The SMILES string of the molecule is CCCC(C)(CO)CN(C)C1CCCN(C)C1. The molecule has 0 aliphatic carbocycles. The molecule has 0 saturated carbocycles. The fourth-order valence-electron chi connectivity index (χ4n) is 3.04. The first-order valence-corrected chi connectivity index (χ1v) is 7.00. The van der Waals surface area contributed by atoms with Gasteiger partial charge in [-0.1, -0.05) is 20.3 Å². The Morgan fingerprint density at radius 2 is 2.18 bits per heavy atom. The molecule has 17 heavy (non-hydrogen) atoms. The Hall–Kier alpha value is -0.120. The molecular formula is C14H30N2O. The van der Waals surface area contributed by atoms with Crippen LogP contribution in [0.15, 0.2) is 0 Å². The molecule has 0 bridgehead atoms. The molecule has 1 rings (SSSR count). The topological polar surface area (TPSA) is 26.7 Å². The first-order chi connectivity index (χ1) is 8.00. The lowest BCUT2D eigenvalue weighted by atomic mass is 9.85. The number of aliphatic hydroxyl groups is 1.